The molecule has 0 aliphatic heterocycles. The molecule has 0 amide bonds. The maximum absolute atomic E-state index is 5.89. The van der Waals surface area contributed by atoms with Crippen molar-refractivity contribution in [2.45, 2.75) is 90.6 Å². The highest BCUT2D eigenvalue weighted by atomic mass is 33.1. The minimum absolute atomic E-state index is 0.106. The molecule has 0 heterocycles. The topological polar surface area (TPSA) is 55.4 Å². The first-order chi connectivity index (χ1) is 13.6. The van der Waals surface area contributed by atoms with Crippen LogP contribution in [0.15, 0.2) is 0 Å². The Hall–Kier alpha value is 0.894. The fourth-order valence-electron chi connectivity index (χ4n) is 2.12. The molecule has 0 bridgehead atoms. The van der Waals surface area contributed by atoms with Crippen molar-refractivity contribution in [3.05, 3.63) is 0 Å². The normalized spacial score (nSPS) is 16.9. The van der Waals surface area contributed by atoms with E-state index in [1.807, 2.05) is 35.4 Å². The molecule has 0 N–H and O–H groups in total. The molecule has 0 aliphatic carbocycles. The maximum atomic E-state index is 5.89. The molecule has 0 saturated heterocycles. The summed E-state index contributed by atoms with van der Waals surface area (Å²) < 4.78 is 33.3. The number of hydrogen-bond acceptors (Lipinski definition) is 8. The lowest BCUT2D eigenvalue weighted by atomic mass is 10.5. The van der Waals surface area contributed by atoms with Crippen LogP contribution >= 0.6 is 21.6 Å². The molecule has 0 aromatic rings. The summed E-state index contributed by atoms with van der Waals surface area (Å²) in [6.07, 6.45) is 3.58. The van der Waals surface area contributed by atoms with E-state index in [-0.39, 0.29) is 25.2 Å². The molecular weight excluding hydrogens is 432 g/mol. The fourth-order valence-corrected chi connectivity index (χ4v) is 7.53. The number of hydrogen-bond donors (Lipinski definition) is 0. The molecule has 0 fully saturated rings. The highest BCUT2D eigenvalue weighted by molar-refractivity contribution is 8.76. The Morgan fingerprint density at radius 2 is 1.11 bits per heavy atom. The van der Waals surface area contributed by atoms with Gasteiger partial charge in [0.05, 0.1) is 0 Å². The van der Waals surface area contributed by atoms with Gasteiger partial charge in [-0.1, -0.05) is 35.4 Å². The second-order valence-corrected chi connectivity index (χ2v) is 12.0. The molecule has 0 aromatic carbocycles. The number of rotatable bonds is 21. The van der Waals surface area contributed by atoms with Gasteiger partial charge < -0.3 is 27.8 Å². The Labute approximate surface area is 185 Å². The minimum atomic E-state index is -0.504. The Morgan fingerprint density at radius 3 is 1.43 bits per heavy atom. The Balaban J connectivity index is 3.41. The van der Waals surface area contributed by atoms with E-state index >= 15 is 0 Å². The lowest BCUT2D eigenvalue weighted by Gasteiger charge is -2.21. The molecule has 0 rings (SSSR count). The first-order valence-corrected chi connectivity index (χ1v) is 16.1. The molecular formula is C18H42O6S2Si2. The summed E-state index contributed by atoms with van der Waals surface area (Å²) >= 11 is 0. The van der Waals surface area contributed by atoms with Crippen LogP contribution in [0.4, 0.5) is 0 Å². The van der Waals surface area contributed by atoms with Gasteiger partial charge in [0.25, 0.3) is 0 Å². The predicted octanol–water partition coefficient (Wildman–Crippen LogP) is 3.68. The lowest BCUT2D eigenvalue weighted by molar-refractivity contribution is -0.201. The van der Waals surface area contributed by atoms with E-state index in [9.17, 15) is 0 Å². The molecule has 4 atom stereocenters. The first-order valence-electron chi connectivity index (χ1n) is 10.4. The highest BCUT2D eigenvalue weighted by Gasteiger charge is 2.11. The van der Waals surface area contributed by atoms with Gasteiger partial charge in [0.1, 0.15) is 12.6 Å². The van der Waals surface area contributed by atoms with E-state index < -0.39 is 19.5 Å². The quantitative estimate of drug-likeness (QED) is 0.108. The van der Waals surface area contributed by atoms with Crippen LogP contribution in [-0.2, 0) is 27.8 Å². The molecule has 170 valence electrons. The zero-order chi connectivity index (χ0) is 21.0. The van der Waals surface area contributed by atoms with Crippen molar-refractivity contribution in [2.24, 2.45) is 0 Å². The smallest absolute Gasteiger partial charge is 0.165 e. The SMILES string of the molecule is CCC(O[SiH2]CCCSSCCC[SiH2]OC(CC)OC(C)OC)OC(C)OC. The van der Waals surface area contributed by atoms with Gasteiger partial charge in [0.2, 0.25) is 0 Å². The third kappa shape index (κ3) is 17.7. The van der Waals surface area contributed by atoms with Crippen LogP contribution in [0.2, 0.25) is 12.1 Å². The van der Waals surface area contributed by atoms with Crippen molar-refractivity contribution in [2.75, 3.05) is 25.7 Å². The van der Waals surface area contributed by atoms with Crippen molar-refractivity contribution >= 4 is 41.1 Å². The van der Waals surface area contributed by atoms with Crippen LogP contribution in [0.5, 0.6) is 0 Å². The molecule has 28 heavy (non-hydrogen) atoms. The predicted molar refractivity (Wildman–Crippen MR) is 126 cm³/mol. The zero-order valence-corrected chi connectivity index (χ0v) is 23.1. The van der Waals surface area contributed by atoms with Crippen LogP contribution in [0.3, 0.4) is 0 Å². The van der Waals surface area contributed by atoms with Crippen LogP contribution in [0, 0.1) is 0 Å². The van der Waals surface area contributed by atoms with Gasteiger partial charge in [0, 0.05) is 25.7 Å². The Bertz CT molecular complexity index is 304. The molecule has 0 spiro atoms. The molecule has 0 aromatic heterocycles. The van der Waals surface area contributed by atoms with Crippen molar-refractivity contribution in [1.82, 2.24) is 0 Å². The van der Waals surface area contributed by atoms with Crippen LogP contribution in [0.1, 0.15) is 53.4 Å². The second-order valence-electron chi connectivity index (χ2n) is 6.35. The zero-order valence-electron chi connectivity index (χ0n) is 18.6. The van der Waals surface area contributed by atoms with Crippen LogP contribution in [0.25, 0.3) is 0 Å². The number of methoxy groups -OCH3 is 2. The van der Waals surface area contributed by atoms with Gasteiger partial charge in [-0.25, -0.2) is 0 Å². The van der Waals surface area contributed by atoms with E-state index in [0.29, 0.717) is 0 Å². The third-order valence-corrected chi connectivity index (χ3v) is 9.32. The first kappa shape index (κ1) is 28.9. The fraction of sp³-hybridized carbons (Fsp3) is 1.00. The van der Waals surface area contributed by atoms with Gasteiger partial charge in [-0.2, -0.15) is 0 Å². The average molecular weight is 475 g/mol. The summed E-state index contributed by atoms with van der Waals surface area (Å²) in [5.74, 6) is 2.39. The van der Waals surface area contributed by atoms with Crippen molar-refractivity contribution < 1.29 is 27.8 Å². The molecule has 0 aliphatic rings. The van der Waals surface area contributed by atoms with Crippen molar-refractivity contribution in [1.29, 1.82) is 0 Å². The Morgan fingerprint density at radius 1 is 0.714 bits per heavy atom. The van der Waals surface area contributed by atoms with Gasteiger partial charge in [-0.3, -0.25) is 0 Å². The van der Waals surface area contributed by atoms with E-state index in [2.05, 4.69) is 13.8 Å². The Kier molecular flexibility index (Phi) is 21.8. The molecule has 4 unspecified atom stereocenters. The summed E-state index contributed by atoms with van der Waals surface area (Å²) in [5.41, 5.74) is 0. The van der Waals surface area contributed by atoms with Gasteiger partial charge in [-0.15, -0.1) is 0 Å². The molecule has 0 radical (unpaired) electrons. The van der Waals surface area contributed by atoms with Crippen molar-refractivity contribution in [3.63, 3.8) is 0 Å². The number of ether oxygens (including phenoxy) is 4. The van der Waals surface area contributed by atoms with Crippen LogP contribution < -0.4 is 0 Å². The molecule has 10 heteroatoms. The standard InChI is InChI=1S/C18H42O6S2Si2/c1-7-17(21-15(3)19-5)23-27-13-9-11-25-26-12-10-14-28-24-18(8-2)22-16(4)20-6/h15-18H,7-14,27-28H2,1-6H3. The van der Waals surface area contributed by atoms with Crippen molar-refractivity contribution in [3.8, 4) is 0 Å². The highest BCUT2D eigenvalue weighted by Crippen LogP contribution is 2.24. The molecule has 0 saturated carbocycles. The summed E-state index contributed by atoms with van der Waals surface area (Å²) in [6, 6.07) is 2.40. The van der Waals surface area contributed by atoms with E-state index in [4.69, 9.17) is 27.8 Å². The minimum Gasteiger partial charge on any atom is -0.400 e. The monoisotopic (exact) mass is 474 g/mol. The lowest BCUT2D eigenvalue weighted by Crippen LogP contribution is -2.24. The largest absolute Gasteiger partial charge is 0.400 e. The van der Waals surface area contributed by atoms with Gasteiger partial charge >= 0.3 is 0 Å². The van der Waals surface area contributed by atoms with E-state index in [1.165, 1.54) is 36.4 Å². The van der Waals surface area contributed by atoms with E-state index in [0.717, 1.165) is 12.8 Å². The summed E-state index contributed by atoms with van der Waals surface area (Å²) in [6.45, 7) is 7.95. The van der Waals surface area contributed by atoms with Gasteiger partial charge in [0.15, 0.2) is 32.1 Å². The van der Waals surface area contributed by atoms with E-state index in [1.54, 1.807) is 14.2 Å². The summed E-state index contributed by atoms with van der Waals surface area (Å²) in [7, 11) is 6.25. The second kappa shape index (κ2) is 21.1. The van der Waals surface area contributed by atoms with Gasteiger partial charge in [-0.05, 0) is 51.6 Å². The average Bonchev–Trinajstić information content (AvgIpc) is 2.71. The maximum Gasteiger partial charge on any atom is 0.165 e. The van der Waals surface area contributed by atoms with Crippen LogP contribution in [-0.4, -0.2) is 70.4 Å². The third-order valence-electron chi connectivity index (χ3n) is 3.95. The summed E-state index contributed by atoms with van der Waals surface area (Å²) in [5, 5.41) is 0. The summed E-state index contributed by atoms with van der Waals surface area (Å²) in [4.78, 5) is 0. The molecule has 6 nitrogen and oxygen atoms in total.